The Labute approximate surface area is 149 Å². The van der Waals surface area contributed by atoms with Gasteiger partial charge in [0.25, 0.3) is 0 Å². The molecular weight excluding hydrogens is 326 g/mol. The first-order valence-electron chi connectivity index (χ1n) is 8.20. The summed E-state index contributed by atoms with van der Waals surface area (Å²) in [5.74, 6) is 0.701. The van der Waals surface area contributed by atoms with Crippen molar-refractivity contribution in [3.8, 4) is 11.3 Å². The Balaban J connectivity index is 1.62. The van der Waals surface area contributed by atoms with E-state index in [-0.39, 0.29) is 0 Å². The largest absolute Gasteiger partial charge is 0.337 e. The van der Waals surface area contributed by atoms with Crippen LogP contribution in [0.2, 0.25) is 0 Å². The number of pyridine rings is 1. The number of anilines is 2. The van der Waals surface area contributed by atoms with Gasteiger partial charge in [0.05, 0.1) is 18.1 Å². The van der Waals surface area contributed by atoms with E-state index in [1.165, 1.54) is 0 Å². The Morgan fingerprint density at radius 3 is 2.85 bits per heavy atom. The van der Waals surface area contributed by atoms with E-state index >= 15 is 0 Å². The van der Waals surface area contributed by atoms with Crippen molar-refractivity contribution >= 4 is 27.9 Å². The Morgan fingerprint density at radius 2 is 1.96 bits per heavy atom. The number of nitrogens with one attached hydrogen (secondary N) is 1. The molecule has 1 aromatic carbocycles. The molecule has 0 bridgehead atoms. The minimum absolute atomic E-state index is 0.701. The molecule has 0 spiro atoms. The second-order valence-corrected chi connectivity index (χ2v) is 6.04. The van der Waals surface area contributed by atoms with Gasteiger partial charge in [0.2, 0.25) is 0 Å². The van der Waals surface area contributed by atoms with Gasteiger partial charge in [-0.05, 0) is 12.1 Å². The summed E-state index contributed by atoms with van der Waals surface area (Å²) in [6.45, 7) is 0. The highest BCUT2D eigenvalue weighted by atomic mass is 15.2. The number of aryl methyl sites for hydroxylation is 1. The summed E-state index contributed by atoms with van der Waals surface area (Å²) >= 11 is 0. The van der Waals surface area contributed by atoms with Gasteiger partial charge in [0, 0.05) is 60.1 Å². The van der Waals surface area contributed by atoms with E-state index in [1.807, 2.05) is 66.7 Å². The highest BCUT2D eigenvalue weighted by Gasteiger charge is 2.12. The predicted octanol–water partition coefficient (Wildman–Crippen LogP) is 3.42. The second kappa shape index (κ2) is 5.66. The van der Waals surface area contributed by atoms with Crippen LogP contribution in [-0.4, -0.2) is 29.1 Å². The third-order valence-electron chi connectivity index (χ3n) is 4.36. The summed E-state index contributed by atoms with van der Waals surface area (Å²) in [6.07, 6.45) is 12.9. The van der Waals surface area contributed by atoms with Crippen LogP contribution >= 0.6 is 0 Å². The van der Waals surface area contributed by atoms with Crippen molar-refractivity contribution in [1.29, 1.82) is 0 Å². The number of nitrogens with zero attached hydrogens (tertiary/aromatic N) is 6. The van der Waals surface area contributed by atoms with Crippen LogP contribution < -0.4 is 5.32 Å². The first-order chi connectivity index (χ1) is 12.8. The van der Waals surface area contributed by atoms with Crippen molar-refractivity contribution in [2.24, 2.45) is 7.05 Å². The zero-order valence-corrected chi connectivity index (χ0v) is 14.0. The Hall–Kier alpha value is -3.74. The molecule has 0 aliphatic carbocycles. The molecule has 0 aliphatic heterocycles. The molecule has 4 aromatic heterocycles. The van der Waals surface area contributed by atoms with Crippen molar-refractivity contribution in [2.45, 2.75) is 0 Å². The van der Waals surface area contributed by atoms with E-state index in [2.05, 4.69) is 25.4 Å². The lowest BCUT2D eigenvalue weighted by molar-refractivity contribution is 0.768. The number of hydrogen-bond donors (Lipinski definition) is 1. The average molecular weight is 341 g/mol. The van der Waals surface area contributed by atoms with Gasteiger partial charge in [0.15, 0.2) is 11.5 Å². The Morgan fingerprint density at radius 1 is 1.00 bits per heavy atom. The maximum Gasteiger partial charge on any atom is 0.180 e. The van der Waals surface area contributed by atoms with E-state index in [0.29, 0.717) is 5.82 Å². The van der Waals surface area contributed by atoms with Gasteiger partial charge < -0.3 is 5.32 Å². The molecule has 1 N–H and O–H groups in total. The lowest BCUT2D eigenvalue weighted by Crippen LogP contribution is -1.99. The van der Waals surface area contributed by atoms with Crippen molar-refractivity contribution in [2.75, 3.05) is 5.32 Å². The van der Waals surface area contributed by atoms with Crippen LogP contribution in [0.4, 0.5) is 11.5 Å². The first-order valence-corrected chi connectivity index (χ1v) is 8.20. The fourth-order valence-corrected chi connectivity index (χ4v) is 3.13. The second-order valence-electron chi connectivity index (χ2n) is 6.04. The molecule has 26 heavy (non-hydrogen) atoms. The van der Waals surface area contributed by atoms with E-state index < -0.39 is 0 Å². The molecular formula is C19H15N7. The van der Waals surface area contributed by atoms with Gasteiger partial charge >= 0.3 is 0 Å². The van der Waals surface area contributed by atoms with Crippen LogP contribution in [0.25, 0.3) is 27.7 Å². The molecule has 7 heteroatoms. The van der Waals surface area contributed by atoms with E-state index in [1.54, 1.807) is 17.1 Å². The van der Waals surface area contributed by atoms with E-state index in [4.69, 9.17) is 0 Å². The summed E-state index contributed by atoms with van der Waals surface area (Å²) < 4.78 is 3.79. The third-order valence-corrected chi connectivity index (χ3v) is 4.36. The van der Waals surface area contributed by atoms with Gasteiger partial charge in [-0.25, -0.2) is 9.97 Å². The minimum atomic E-state index is 0.701. The quantitative estimate of drug-likeness (QED) is 0.544. The Kier molecular flexibility index (Phi) is 3.18. The monoisotopic (exact) mass is 341 g/mol. The zero-order valence-electron chi connectivity index (χ0n) is 14.0. The SMILES string of the molecule is Cn1cc(-c2cnc3c(Nc4cccc5cnccc45)nccn23)cn1. The molecule has 0 atom stereocenters. The molecule has 0 fully saturated rings. The molecule has 5 rings (SSSR count). The van der Waals surface area contributed by atoms with Crippen LogP contribution in [-0.2, 0) is 7.05 Å². The fraction of sp³-hybridized carbons (Fsp3) is 0.0526. The number of benzene rings is 1. The van der Waals surface area contributed by atoms with Gasteiger partial charge in [0.1, 0.15) is 0 Å². The molecule has 4 heterocycles. The highest BCUT2D eigenvalue weighted by molar-refractivity contribution is 5.95. The van der Waals surface area contributed by atoms with E-state index in [0.717, 1.165) is 33.4 Å². The molecule has 5 aromatic rings. The minimum Gasteiger partial charge on any atom is -0.337 e. The van der Waals surface area contributed by atoms with Crippen LogP contribution in [0.1, 0.15) is 0 Å². The van der Waals surface area contributed by atoms with E-state index in [9.17, 15) is 0 Å². The van der Waals surface area contributed by atoms with Gasteiger partial charge in [-0.15, -0.1) is 0 Å². The molecule has 0 unspecified atom stereocenters. The summed E-state index contributed by atoms with van der Waals surface area (Å²) in [5.41, 5.74) is 3.71. The zero-order chi connectivity index (χ0) is 17.5. The normalized spacial score (nSPS) is 11.3. The third kappa shape index (κ3) is 2.29. The molecule has 0 amide bonds. The molecule has 0 saturated carbocycles. The number of fused-ring (bicyclic) bond motifs is 2. The van der Waals surface area contributed by atoms with Gasteiger partial charge in [-0.2, -0.15) is 5.10 Å². The van der Waals surface area contributed by atoms with Crippen molar-refractivity contribution in [3.63, 3.8) is 0 Å². The highest BCUT2D eigenvalue weighted by Crippen LogP contribution is 2.28. The maximum atomic E-state index is 4.57. The maximum absolute atomic E-state index is 4.57. The van der Waals surface area contributed by atoms with Crippen LogP contribution in [0.3, 0.4) is 0 Å². The van der Waals surface area contributed by atoms with Crippen LogP contribution in [0.15, 0.2) is 67.6 Å². The number of aromatic nitrogens is 6. The van der Waals surface area contributed by atoms with Gasteiger partial charge in [-0.1, -0.05) is 12.1 Å². The molecule has 7 nitrogen and oxygen atoms in total. The standard InChI is InChI=1S/C19H15N7/c1-25-12-14(10-23-25)17-11-22-19-18(21-7-8-26(17)19)24-16-4-2-3-13-9-20-6-5-15(13)16/h2-12H,1H3,(H,21,24). The summed E-state index contributed by atoms with van der Waals surface area (Å²) in [7, 11) is 1.90. The number of rotatable bonds is 3. The molecule has 126 valence electrons. The summed E-state index contributed by atoms with van der Waals surface area (Å²) in [4.78, 5) is 13.2. The van der Waals surface area contributed by atoms with Crippen LogP contribution in [0.5, 0.6) is 0 Å². The van der Waals surface area contributed by atoms with Gasteiger partial charge in [-0.3, -0.25) is 14.1 Å². The lowest BCUT2D eigenvalue weighted by Gasteiger charge is -2.10. The fourth-order valence-electron chi connectivity index (χ4n) is 3.13. The van der Waals surface area contributed by atoms with Crippen molar-refractivity contribution in [1.82, 2.24) is 29.1 Å². The summed E-state index contributed by atoms with van der Waals surface area (Å²) in [6, 6.07) is 8.06. The van der Waals surface area contributed by atoms with Crippen molar-refractivity contribution in [3.05, 3.63) is 67.6 Å². The first kappa shape index (κ1) is 14.6. The van der Waals surface area contributed by atoms with Crippen LogP contribution in [0, 0.1) is 0 Å². The topological polar surface area (TPSA) is 72.9 Å². The predicted molar refractivity (Wildman–Crippen MR) is 100 cm³/mol. The number of hydrogen-bond acceptors (Lipinski definition) is 5. The van der Waals surface area contributed by atoms with Crippen molar-refractivity contribution < 1.29 is 0 Å². The Bertz CT molecular complexity index is 1230. The lowest BCUT2D eigenvalue weighted by atomic mass is 10.1. The molecule has 0 saturated heterocycles. The summed E-state index contributed by atoms with van der Waals surface area (Å²) in [5, 5.41) is 9.82. The number of imidazole rings is 1. The molecule has 0 aliphatic rings. The average Bonchev–Trinajstić information content (AvgIpc) is 3.28. The smallest absolute Gasteiger partial charge is 0.180 e. The molecule has 0 radical (unpaired) electrons.